The van der Waals surface area contributed by atoms with Crippen LogP contribution in [0.4, 0.5) is 4.39 Å². The van der Waals surface area contributed by atoms with Gasteiger partial charge in [0.25, 0.3) is 0 Å². The summed E-state index contributed by atoms with van der Waals surface area (Å²) in [6, 6.07) is 6.25. The third-order valence-electron chi connectivity index (χ3n) is 2.36. The Morgan fingerprint density at radius 2 is 1.76 bits per heavy atom. The summed E-state index contributed by atoms with van der Waals surface area (Å²) in [5.74, 6) is 0.175. The van der Waals surface area contributed by atoms with Gasteiger partial charge in [-0.2, -0.15) is 0 Å². The SMILES string of the molecule is O=C(Cc1ccccc1F)N(CCCl)CCCl. The van der Waals surface area contributed by atoms with Gasteiger partial charge in [-0.3, -0.25) is 4.79 Å². The molecular weight excluding hydrogens is 264 g/mol. The molecule has 5 heteroatoms. The van der Waals surface area contributed by atoms with Crippen LogP contribution >= 0.6 is 23.2 Å². The van der Waals surface area contributed by atoms with Crippen LogP contribution in [0.2, 0.25) is 0 Å². The molecule has 1 rings (SSSR count). The van der Waals surface area contributed by atoms with Crippen molar-refractivity contribution in [1.29, 1.82) is 0 Å². The van der Waals surface area contributed by atoms with Crippen molar-refractivity contribution in [1.82, 2.24) is 4.90 Å². The van der Waals surface area contributed by atoms with Crippen molar-refractivity contribution in [2.45, 2.75) is 6.42 Å². The fourth-order valence-corrected chi connectivity index (χ4v) is 1.89. The Morgan fingerprint density at radius 1 is 1.18 bits per heavy atom. The molecule has 0 N–H and O–H groups in total. The molecule has 1 amide bonds. The van der Waals surface area contributed by atoms with Crippen molar-refractivity contribution in [3.8, 4) is 0 Å². The zero-order chi connectivity index (χ0) is 12.7. The molecule has 0 fully saturated rings. The maximum absolute atomic E-state index is 13.4. The third-order valence-corrected chi connectivity index (χ3v) is 2.70. The Balaban J connectivity index is 2.66. The van der Waals surface area contributed by atoms with Gasteiger partial charge < -0.3 is 4.90 Å². The lowest BCUT2D eigenvalue weighted by atomic mass is 10.1. The maximum atomic E-state index is 13.4. The second kappa shape index (κ2) is 7.51. The molecule has 0 aliphatic heterocycles. The van der Waals surface area contributed by atoms with Crippen LogP contribution in [0.1, 0.15) is 5.56 Å². The molecule has 0 radical (unpaired) electrons. The third kappa shape index (κ3) is 4.52. The Morgan fingerprint density at radius 3 is 2.29 bits per heavy atom. The number of alkyl halides is 2. The molecular formula is C12H14Cl2FNO. The normalized spacial score (nSPS) is 10.3. The van der Waals surface area contributed by atoms with Crippen molar-refractivity contribution in [3.63, 3.8) is 0 Å². The first-order chi connectivity index (χ1) is 8.19. The van der Waals surface area contributed by atoms with E-state index in [1.807, 2.05) is 0 Å². The molecule has 0 heterocycles. The first-order valence-electron chi connectivity index (χ1n) is 5.32. The van der Waals surface area contributed by atoms with Crippen LogP contribution in [-0.4, -0.2) is 35.7 Å². The molecule has 0 aliphatic rings. The van der Waals surface area contributed by atoms with Crippen LogP contribution < -0.4 is 0 Å². The molecule has 0 unspecified atom stereocenters. The highest BCUT2D eigenvalue weighted by Gasteiger charge is 2.14. The Hall–Kier alpha value is -0.800. The molecule has 0 bridgehead atoms. The van der Waals surface area contributed by atoms with E-state index in [9.17, 15) is 9.18 Å². The van der Waals surface area contributed by atoms with E-state index in [0.29, 0.717) is 30.4 Å². The van der Waals surface area contributed by atoms with Gasteiger partial charge in [-0.15, -0.1) is 23.2 Å². The van der Waals surface area contributed by atoms with Crippen LogP contribution in [0, 0.1) is 5.82 Å². The number of carbonyl (C=O) groups excluding carboxylic acids is 1. The van der Waals surface area contributed by atoms with E-state index in [0.717, 1.165) is 0 Å². The summed E-state index contributed by atoms with van der Waals surface area (Å²) in [5, 5.41) is 0. The summed E-state index contributed by atoms with van der Waals surface area (Å²) < 4.78 is 13.4. The van der Waals surface area contributed by atoms with Gasteiger partial charge in [-0.1, -0.05) is 18.2 Å². The van der Waals surface area contributed by atoms with E-state index < -0.39 is 0 Å². The van der Waals surface area contributed by atoms with E-state index in [4.69, 9.17) is 23.2 Å². The van der Waals surface area contributed by atoms with Crippen LogP contribution in [0.25, 0.3) is 0 Å². The Kier molecular flexibility index (Phi) is 6.30. The number of hydrogen-bond donors (Lipinski definition) is 0. The molecule has 0 saturated carbocycles. The van der Waals surface area contributed by atoms with Gasteiger partial charge in [0.2, 0.25) is 5.91 Å². The molecule has 0 aromatic heterocycles. The molecule has 1 aromatic rings. The van der Waals surface area contributed by atoms with Gasteiger partial charge in [-0.25, -0.2) is 4.39 Å². The van der Waals surface area contributed by atoms with E-state index in [1.165, 1.54) is 6.07 Å². The lowest BCUT2D eigenvalue weighted by molar-refractivity contribution is -0.130. The van der Waals surface area contributed by atoms with E-state index in [1.54, 1.807) is 23.1 Å². The van der Waals surface area contributed by atoms with E-state index in [2.05, 4.69) is 0 Å². The summed E-state index contributed by atoms with van der Waals surface area (Å²) >= 11 is 11.2. The summed E-state index contributed by atoms with van der Waals surface area (Å²) in [7, 11) is 0. The largest absolute Gasteiger partial charge is 0.340 e. The second-order valence-electron chi connectivity index (χ2n) is 3.53. The van der Waals surface area contributed by atoms with Crippen molar-refractivity contribution >= 4 is 29.1 Å². The van der Waals surface area contributed by atoms with Crippen molar-refractivity contribution in [2.24, 2.45) is 0 Å². The average Bonchev–Trinajstić information content (AvgIpc) is 2.32. The summed E-state index contributed by atoms with van der Waals surface area (Å²) in [6.45, 7) is 0.864. The van der Waals surface area contributed by atoms with Crippen LogP contribution in [0.5, 0.6) is 0 Å². The maximum Gasteiger partial charge on any atom is 0.227 e. The fourth-order valence-electron chi connectivity index (χ4n) is 1.48. The van der Waals surface area contributed by atoms with E-state index >= 15 is 0 Å². The Labute approximate surface area is 110 Å². The number of hydrogen-bond acceptors (Lipinski definition) is 1. The first-order valence-corrected chi connectivity index (χ1v) is 6.39. The molecule has 0 spiro atoms. The zero-order valence-corrected chi connectivity index (χ0v) is 10.8. The number of nitrogens with zero attached hydrogens (tertiary/aromatic N) is 1. The lowest BCUT2D eigenvalue weighted by Gasteiger charge is -2.20. The highest BCUT2D eigenvalue weighted by atomic mass is 35.5. The zero-order valence-electron chi connectivity index (χ0n) is 9.33. The molecule has 2 nitrogen and oxygen atoms in total. The highest BCUT2D eigenvalue weighted by molar-refractivity contribution is 6.18. The topological polar surface area (TPSA) is 20.3 Å². The summed E-state index contributed by atoms with van der Waals surface area (Å²) in [4.78, 5) is 13.4. The van der Waals surface area contributed by atoms with Gasteiger partial charge >= 0.3 is 0 Å². The second-order valence-corrected chi connectivity index (χ2v) is 4.28. The highest BCUT2D eigenvalue weighted by Crippen LogP contribution is 2.09. The van der Waals surface area contributed by atoms with Crippen LogP contribution in [-0.2, 0) is 11.2 Å². The quantitative estimate of drug-likeness (QED) is 0.733. The van der Waals surface area contributed by atoms with Crippen molar-refractivity contribution in [2.75, 3.05) is 24.8 Å². The van der Waals surface area contributed by atoms with E-state index in [-0.39, 0.29) is 18.1 Å². The van der Waals surface area contributed by atoms with Gasteiger partial charge in [0, 0.05) is 24.8 Å². The van der Waals surface area contributed by atoms with Crippen molar-refractivity contribution < 1.29 is 9.18 Å². The van der Waals surface area contributed by atoms with Crippen LogP contribution in [0.3, 0.4) is 0 Å². The standard InChI is InChI=1S/C12H14Cl2FNO/c13-5-7-16(8-6-14)12(17)9-10-3-1-2-4-11(10)15/h1-4H,5-9H2. The number of benzene rings is 1. The smallest absolute Gasteiger partial charge is 0.227 e. The molecule has 1 aromatic carbocycles. The van der Waals surface area contributed by atoms with Gasteiger partial charge in [0.05, 0.1) is 6.42 Å². The molecule has 0 atom stereocenters. The molecule has 0 saturated heterocycles. The lowest BCUT2D eigenvalue weighted by Crippen LogP contribution is -2.35. The first kappa shape index (κ1) is 14.3. The predicted octanol–water partition coefficient (Wildman–Crippen LogP) is 2.67. The average molecular weight is 278 g/mol. The molecule has 0 aliphatic carbocycles. The fraction of sp³-hybridized carbons (Fsp3) is 0.417. The Bertz CT molecular complexity index is 367. The minimum Gasteiger partial charge on any atom is -0.340 e. The summed E-state index contributed by atoms with van der Waals surface area (Å²) in [6.07, 6.45) is 0.0421. The number of carbonyl (C=O) groups is 1. The number of halogens is 3. The number of amides is 1. The number of rotatable bonds is 6. The summed E-state index contributed by atoms with van der Waals surface area (Å²) in [5.41, 5.74) is 0.395. The molecule has 17 heavy (non-hydrogen) atoms. The minimum absolute atomic E-state index is 0.0421. The predicted molar refractivity (Wildman–Crippen MR) is 68.1 cm³/mol. The van der Waals surface area contributed by atoms with Gasteiger partial charge in [-0.05, 0) is 11.6 Å². The monoisotopic (exact) mass is 277 g/mol. The minimum atomic E-state index is -0.363. The van der Waals surface area contributed by atoms with Gasteiger partial charge in [0.15, 0.2) is 0 Å². The van der Waals surface area contributed by atoms with Crippen molar-refractivity contribution in [3.05, 3.63) is 35.6 Å². The van der Waals surface area contributed by atoms with Crippen LogP contribution in [0.15, 0.2) is 24.3 Å². The molecule has 94 valence electrons. The van der Waals surface area contributed by atoms with Gasteiger partial charge in [0.1, 0.15) is 5.82 Å².